The van der Waals surface area contributed by atoms with Gasteiger partial charge in [0.25, 0.3) is 0 Å². The Hall–Kier alpha value is -4.36. The number of carbonyl (C=O) groups excluding carboxylic acids is 1. The molecule has 40 heavy (non-hydrogen) atoms. The van der Waals surface area contributed by atoms with Crippen molar-refractivity contribution in [3.8, 4) is 17.4 Å². The molecule has 10 nitrogen and oxygen atoms in total. The summed E-state index contributed by atoms with van der Waals surface area (Å²) in [6.07, 6.45) is -1.40. The highest BCUT2D eigenvalue weighted by Gasteiger charge is 2.31. The fourth-order valence-electron chi connectivity index (χ4n) is 4.52. The van der Waals surface area contributed by atoms with Crippen LogP contribution in [-0.2, 0) is 19.8 Å². The highest BCUT2D eigenvalue weighted by Crippen LogP contribution is 2.34. The van der Waals surface area contributed by atoms with Crippen molar-refractivity contribution in [2.45, 2.75) is 12.7 Å². The number of fused-ring (bicyclic) bond motifs is 1. The van der Waals surface area contributed by atoms with Crippen LogP contribution in [0.3, 0.4) is 0 Å². The zero-order chi connectivity index (χ0) is 28.4. The van der Waals surface area contributed by atoms with Crippen LogP contribution in [0.4, 0.5) is 29.3 Å². The summed E-state index contributed by atoms with van der Waals surface area (Å²) < 4.78 is 48.4. The van der Waals surface area contributed by atoms with Crippen molar-refractivity contribution in [2.75, 3.05) is 43.9 Å². The van der Waals surface area contributed by atoms with Gasteiger partial charge in [-0.25, -0.2) is 9.78 Å². The average molecular weight is 556 g/mol. The largest absolute Gasteiger partial charge is 0.506 e. The lowest BCUT2D eigenvalue weighted by Crippen LogP contribution is -2.43. The number of phenolic OH excluding ortho intramolecular Hbond substituents is 1. The number of amides is 2. The number of nitrogens with one attached hydrogen (secondary N) is 2. The van der Waals surface area contributed by atoms with Crippen LogP contribution in [-0.4, -0.2) is 68.7 Å². The van der Waals surface area contributed by atoms with Gasteiger partial charge in [0.15, 0.2) is 0 Å². The molecule has 1 saturated heterocycles. The monoisotopic (exact) mass is 555 g/mol. The van der Waals surface area contributed by atoms with Crippen LogP contribution in [0.2, 0.25) is 0 Å². The van der Waals surface area contributed by atoms with Gasteiger partial charge in [0.1, 0.15) is 23.3 Å². The third kappa shape index (κ3) is 6.26. The van der Waals surface area contributed by atoms with Crippen LogP contribution in [0.1, 0.15) is 11.1 Å². The van der Waals surface area contributed by atoms with Gasteiger partial charge < -0.3 is 29.9 Å². The number of anilines is 2. The zero-order valence-corrected chi connectivity index (χ0v) is 21.9. The highest BCUT2D eigenvalue weighted by atomic mass is 19.4. The Morgan fingerprint density at radius 2 is 1.80 bits per heavy atom. The lowest BCUT2D eigenvalue weighted by molar-refractivity contribution is -0.137. The number of halogens is 3. The van der Waals surface area contributed by atoms with Gasteiger partial charge >= 0.3 is 12.2 Å². The number of alkyl halides is 3. The molecule has 3 N–H and O–H groups in total. The van der Waals surface area contributed by atoms with Gasteiger partial charge in [-0.05, 0) is 49.0 Å². The molecule has 210 valence electrons. The molecular weight excluding hydrogens is 527 g/mol. The first-order chi connectivity index (χ1) is 19.0. The minimum atomic E-state index is -4.58. The van der Waals surface area contributed by atoms with Gasteiger partial charge in [0.05, 0.1) is 16.8 Å². The number of aryl methyl sites for hydroxylation is 1. The zero-order valence-electron chi connectivity index (χ0n) is 21.9. The van der Waals surface area contributed by atoms with Crippen molar-refractivity contribution in [1.29, 1.82) is 0 Å². The maximum Gasteiger partial charge on any atom is 0.416 e. The number of urea groups is 1. The number of likely N-dealkylation sites (N-methyl/N-ethyl adjacent to an activating group) is 1. The Balaban J connectivity index is 1.28. The van der Waals surface area contributed by atoms with Crippen molar-refractivity contribution in [2.24, 2.45) is 7.05 Å². The second-order valence-electron chi connectivity index (χ2n) is 9.70. The molecule has 1 aliphatic heterocycles. The van der Waals surface area contributed by atoms with Gasteiger partial charge in [-0.1, -0.05) is 0 Å². The summed E-state index contributed by atoms with van der Waals surface area (Å²) in [5.41, 5.74) is 0.976. The number of ether oxygens (including phenoxy) is 1. The van der Waals surface area contributed by atoms with Crippen molar-refractivity contribution in [3.05, 3.63) is 66.1 Å². The standard InChI is InChI=1S/C27H28F3N7O3/c1-35-7-9-37(10-8-35)15-17-11-18(27(28,29)30)13-19(12-17)33-26(39)34-21-4-3-20(14-23(21)38)40-25-24-22(31-16-32-25)5-6-36(24)2/h3-6,11-14,16,38H,7-10,15H2,1-2H3,(H2,33,34,39). The molecule has 0 spiro atoms. The van der Waals surface area contributed by atoms with E-state index in [2.05, 4.69) is 30.4 Å². The van der Waals surface area contributed by atoms with Crippen molar-refractivity contribution in [1.82, 2.24) is 24.3 Å². The number of hydrogen-bond donors (Lipinski definition) is 3. The Labute approximate surface area is 228 Å². The minimum Gasteiger partial charge on any atom is -0.506 e. The van der Waals surface area contributed by atoms with E-state index in [1.165, 1.54) is 30.6 Å². The third-order valence-corrected chi connectivity index (χ3v) is 6.64. The van der Waals surface area contributed by atoms with Crippen molar-refractivity contribution >= 4 is 28.4 Å². The summed E-state index contributed by atoms with van der Waals surface area (Å²) in [4.78, 5) is 25.2. The maximum absolute atomic E-state index is 13.6. The lowest BCUT2D eigenvalue weighted by Gasteiger charge is -2.32. The molecule has 1 fully saturated rings. The Morgan fingerprint density at radius 3 is 2.52 bits per heavy atom. The first kappa shape index (κ1) is 27.2. The summed E-state index contributed by atoms with van der Waals surface area (Å²) in [5, 5.41) is 15.4. The number of piperazine rings is 1. The number of aromatic nitrogens is 3. The second-order valence-corrected chi connectivity index (χ2v) is 9.70. The summed E-state index contributed by atoms with van der Waals surface area (Å²) in [5.74, 6) is 0.244. The average Bonchev–Trinajstić information content (AvgIpc) is 3.28. The first-order valence-corrected chi connectivity index (χ1v) is 12.5. The van der Waals surface area contributed by atoms with Crippen LogP contribution in [0.5, 0.6) is 17.4 Å². The van der Waals surface area contributed by atoms with E-state index in [-0.39, 0.29) is 28.8 Å². The van der Waals surface area contributed by atoms with E-state index in [0.717, 1.165) is 38.3 Å². The van der Waals surface area contributed by atoms with Gasteiger partial charge in [-0.15, -0.1) is 0 Å². The number of rotatable bonds is 6. The smallest absolute Gasteiger partial charge is 0.416 e. The Kier molecular flexibility index (Phi) is 7.50. The summed E-state index contributed by atoms with van der Waals surface area (Å²) in [6.45, 7) is 3.47. The molecule has 2 aromatic heterocycles. The highest BCUT2D eigenvalue weighted by molar-refractivity contribution is 6.00. The normalized spacial score (nSPS) is 14.8. The SMILES string of the molecule is CN1CCN(Cc2cc(NC(=O)Nc3ccc(Oc4ncnc5ccn(C)c45)cc3O)cc(C(F)(F)F)c2)CC1. The quantitative estimate of drug-likeness (QED) is 0.291. The molecule has 5 rings (SSSR count). The molecule has 2 amide bonds. The third-order valence-electron chi connectivity index (χ3n) is 6.64. The number of hydrogen-bond acceptors (Lipinski definition) is 7. The molecule has 3 heterocycles. The summed E-state index contributed by atoms with van der Waals surface area (Å²) in [7, 11) is 3.82. The lowest BCUT2D eigenvalue weighted by atomic mass is 10.1. The molecular formula is C27H28F3N7O3. The summed E-state index contributed by atoms with van der Waals surface area (Å²) >= 11 is 0. The van der Waals surface area contributed by atoms with E-state index < -0.39 is 17.8 Å². The topological polar surface area (TPSA) is 108 Å². The molecule has 0 bridgehead atoms. The molecule has 0 aliphatic carbocycles. The Morgan fingerprint density at radius 1 is 1.02 bits per heavy atom. The van der Waals surface area contributed by atoms with Crippen LogP contribution in [0.25, 0.3) is 11.0 Å². The number of benzene rings is 2. The van der Waals surface area contributed by atoms with Gasteiger partial charge in [-0.3, -0.25) is 4.90 Å². The van der Waals surface area contributed by atoms with E-state index in [1.54, 1.807) is 4.57 Å². The molecule has 0 atom stereocenters. The Bertz CT molecular complexity index is 1530. The predicted molar refractivity (Wildman–Crippen MR) is 144 cm³/mol. The summed E-state index contributed by atoms with van der Waals surface area (Å²) in [6, 6.07) is 8.75. The maximum atomic E-state index is 13.6. The molecule has 0 radical (unpaired) electrons. The van der Waals surface area contributed by atoms with Crippen molar-refractivity contribution < 1.29 is 27.8 Å². The van der Waals surface area contributed by atoms with Crippen LogP contribution in [0.15, 0.2) is 55.0 Å². The van der Waals surface area contributed by atoms with Crippen LogP contribution < -0.4 is 15.4 Å². The van der Waals surface area contributed by atoms with E-state index in [1.807, 2.05) is 26.4 Å². The van der Waals surface area contributed by atoms with Crippen LogP contribution in [0, 0.1) is 0 Å². The molecule has 1 aliphatic rings. The number of nitrogens with zero attached hydrogens (tertiary/aromatic N) is 5. The fourth-order valence-corrected chi connectivity index (χ4v) is 4.52. The molecule has 4 aromatic rings. The van der Waals surface area contributed by atoms with Gasteiger partial charge in [-0.2, -0.15) is 18.2 Å². The number of carbonyl (C=O) groups is 1. The van der Waals surface area contributed by atoms with Gasteiger partial charge in [0, 0.05) is 57.7 Å². The first-order valence-electron chi connectivity index (χ1n) is 12.5. The van der Waals surface area contributed by atoms with E-state index in [9.17, 15) is 23.1 Å². The second kappa shape index (κ2) is 11.0. The predicted octanol–water partition coefficient (Wildman–Crippen LogP) is 4.88. The van der Waals surface area contributed by atoms with E-state index >= 15 is 0 Å². The van der Waals surface area contributed by atoms with E-state index in [4.69, 9.17) is 4.74 Å². The molecule has 0 unspecified atom stereocenters. The fraction of sp³-hybridized carbons (Fsp3) is 0.296. The van der Waals surface area contributed by atoms with Crippen LogP contribution >= 0.6 is 0 Å². The molecule has 13 heteroatoms. The van der Waals surface area contributed by atoms with Crippen molar-refractivity contribution in [3.63, 3.8) is 0 Å². The van der Waals surface area contributed by atoms with E-state index in [0.29, 0.717) is 23.1 Å². The number of aromatic hydroxyl groups is 1. The minimum absolute atomic E-state index is 0.00811. The molecule has 2 aromatic carbocycles. The van der Waals surface area contributed by atoms with Gasteiger partial charge in [0.2, 0.25) is 5.88 Å². The molecule has 0 saturated carbocycles. The number of phenols is 1.